The largest absolute Gasteiger partial charge is 0.488 e. The van der Waals surface area contributed by atoms with Crippen LogP contribution in [0.4, 0.5) is 0 Å². The molecule has 0 saturated carbocycles. The fourth-order valence-corrected chi connectivity index (χ4v) is 3.26. The van der Waals surface area contributed by atoms with Crippen LogP contribution in [0.5, 0.6) is 17.2 Å². The monoisotopic (exact) mass is 401 g/mol. The van der Waals surface area contributed by atoms with Gasteiger partial charge in [0, 0.05) is 0 Å². The lowest BCUT2D eigenvalue weighted by Gasteiger charge is -2.10. The van der Waals surface area contributed by atoms with Gasteiger partial charge in [0.25, 0.3) is 0 Å². The number of hydrogen-bond acceptors (Lipinski definition) is 5. The second-order valence-corrected chi connectivity index (χ2v) is 7.15. The van der Waals surface area contributed by atoms with E-state index in [2.05, 4.69) is 4.99 Å². The van der Waals surface area contributed by atoms with Gasteiger partial charge in [-0.25, -0.2) is 0 Å². The fourth-order valence-electron chi connectivity index (χ4n) is 3.26. The SMILES string of the molecule is CC(Cc1ccc2c(c1)OCO2)/N=C\C(=O)c1ccccc1OCc1ccccc1. The van der Waals surface area contributed by atoms with E-state index in [-0.39, 0.29) is 18.6 Å². The minimum atomic E-state index is -0.170. The number of hydrogen-bond donors (Lipinski definition) is 0. The lowest BCUT2D eigenvalue weighted by atomic mass is 10.1. The molecule has 1 unspecified atom stereocenters. The smallest absolute Gasteiger partial charge is 0.231 e. The minimum absolute atomic E-state index is 0.0493. The molecule has 3 aromatic rings. The summed E-state index contributed by atoms with van der Waals surface area (Å²) < 4.78 is 16.6. The Morgan fingerprint density at radius 3 is 2.63 bits per heavy atom. The topological polar surface area (TPSA) is 57.1 Å². The van der Waals surface area contributed by atoms with Gasteiger partial charge >= 0.3 is 0 Å². The van der Waals surface area contributed by atoms with Gasteiger partial charge in [0.15, 0.2) is 11.5 Å². The number of aliphatic imine (C=N–C) groups is 1. The second-order valence-electron chi connectivity index (χ2n) is 7.15. The number of carbonyl (C=O) groups is 1. The van der Waals surface area contributed by atoms with Crippen LogP contribution in [0, 0.1) is 0 Å². The molecular formula is C25H23NO4. The van der Waals surface area contributed by atoms with Gasteiger partial charge in [-0.15, -0.1) is 0 Å². The highest BCUT2D eigenvalue weighted by Crippen LogP contribution is 2.32. The first kappa shape index (κ1) is 19.7. The summed E-state index contributed by atoms with van der Waals surface area (Å²) in [6, 6.07) is 22.9. The maximum Gasteiger partial charge on any atom is 0.231 e. The summed E-state index contributed by atoms with van der Waals surface area (Å²) in [5.74, 6) is 1.90. The molecule has 0 spiro atoms. The van der Waals surface area contributed by atoms with E-state index >= 15 is 0 Å². The Hall–Kier alpha value is -3.60. The normalized spacial score (nSPS) is 13.4. The maximum absolute atomic E-state index is 12.7. The average Bonchev–Trinajstić information content (AvgIpc) is 3.25. The number of para-hydroxylation sites is 1. The van der Waals surface area contributed by atoms with Gasteiger partial charge in [0.1, 0.15) is 12.4 Å². The summed E-state index contributed by atoms with van der Waals surface area (Å²) in [5.41, 5.74) is 2.64. The molecule has 1 aliphatic heterocycles. The zero-order chi connectivity index (χ0) is 20.8. The van der Waals surface area contributed by atoms with Crippen LogP contribution in [0.25, 0.3) is 0 Å². The molecule has 0 aliphatic carbocycles. The predicted octanol–water partition coefficient (Wildman–Crippen LogP) is 4.88. The molecule has 1 heterocycles. The fraction of sp³-hybridized carbons (Fsp3) is 0.200. The van der Waals surface area contributed by atoms with Crippen LogP contribution in [-0.2, 0) is 13.0 Å². The van der Waals surface area contributed by atoms with Gasteiger partial charge in [0.05, 0.1) is 17.8 Å². The summed E-state index contributed by atoms with van der Waals surface area (Å²) in [5, 5.41) is 0. The molecule has 5 nitrogen and oxygen atoms in total. The number of carbonyl (C=O) groups excluding carboxylic acids is 1. The first-order valence-corrected chi connectivity index (χ1v) is 9.91. The van der Waals surface area contributed by atoms with Crippen molar-refractivity contribution in [1.29, 1.82) is 0 Å². The molecular weight excluding hydrogens is 378 g/mol. The molecule has 1 atom stereocenters. The van der Waals surface area contributed by atoms with Crippen LogP contribution in [0.1, 0.15) is 28.4 Å². The number of Topliss-reactive ketones (excluding diaryl/α,β-unsaturated/α-hetero) is 1. The summed E-state index contributed by atoms with van der Waals surface area (Å²) in [7, 11) is 0. The summed E-state index contributed by atoms with van der Waals surface area (Å²) in [6.07, 6.45) is 2.09. The molecule has 0 fully saturated rings. The van der Waals surface area contributed by atoms with Gasteiger partial charge in [-0.3, -0.25) is 9.79 Å². The van der Waals surface area contributed by atoms with Crippen molar-refractivity contribution >= 4 is 12.0 Å². The lowest BCUT2D eigenvalue weighted by Crippen LogP contribution is -2.09. The van der Waals surface area contributed by atoms with Gasteiger partial charge in [0.2, 0.25) is 12.6 Å². The highest BCUT2D eigenvalue weighted by Gasteiger charge is 2.15. The maximum atomic E-state index is 12.7. The van der Waals surface area contributed by atoms with E-state index in [0.29, 0.717) is 24.3 Å². The Kier molecular flexibility index (Phi) is 6.09. The second kappa shape index (κ2) is 9.27. The van der Waals surface area contributed by atoms with Crippen LogP contribution in [-0.4, -0.2) is 24.8 Å². The molecule has 0 aromatic heterocycles. The van der Waals surface area contributed by atoms with Crippen LogP contribution < -0.4 is 14.2 Å². The number of nitrogens with zero attached hydrogens (tertiary/aromatic N) is 1. The third kappa shape index (κ3) is 4.87. The van der Waals surface area contributed by atoms with Crippen LogP contribution in [0.15, 0.2) is 77.8 Å². The molecule has 0 radical (unpaired) electrons. The molecule has 5 heteroatoms. The molecule has 1 aliphatic rings. The number of ketones is 1. The van der Waals surface area contributed by atoms with Gasteiger partial charge < -0.3 is 14.2 Å². The van der Waals surface area contributed by atoms with E-state index in [0.717, 1.165) is 22.6 Å². The summed E-state index contributed by atoms with van der Waals surface area (Å²) in [6.45, 7) is 2.64. The van der Waals surface area contributed by atoms with E-state index in [1.54, 1.807) is 12.1 Å². The first-order chi connectivity index (χ1) is 14.7. The molecule has 4 rings (SSSR count). The van der Waals surface area contributed by atoms with Crippen molar-refractivity contribution in [3.63, 3.8) is 0 Å². The third-order valence-corrected chi connectivity index (χ3v) is 4.80. The number of fused-ring (bicyclic) bond motifs is 1. The Balaban J connectivity index is 1.38. The minimum Gasteiger partial charge on any atom is -0.488 e. The van der Waals surface area contributed by atoms with Gasteiger partial charge in [-0.2, -0.15) is 0 Å². The van der Waals surface area contributed by atoms with E-state index < -0.39 is 0 Å². The Bertz CT molecular complexity index is 1050. The van der Waals surface area contributed by atoms with Crippen molar-refractivity contribution in [3.05, 3.63) is 89.5 Å². The standard InChI is InChI=1S/C25H23NO4/c1-18(13-20-11-12-24-25(14-20)30-17-29-24)26-15-22(27)21-9-5-6-10-23(21)28-16-19-7-3-2-4-8-19/h2-12,14-15,18H,13,16-17H2,1H3/b26-15-. The lowest BCUT2D eigenvalue weighted by molar-refractivity contribution is 0.106. The first-order valence-electron chi connectivity index (χ1n) is 9.91. The average molecular weight is 401 g/mol. The summed E-state index contributed by atoms with van der Waals surface area (Å²) >= 11 is 0. The van der Waals surface area contributed by atoms with Crippen molar-refractivity contribution in [3.8, 4) is 17.2 Å². The molecule has 0 bridgehead atoms. The Morgan fingerprint density at radius 1 is 1.00 bits per heavy atom. The van der Waals surface area contributed by atoms with E-state index in [4.69, 9.17) is 14.2 Å². The third-order valence-electron chi connectivity index (χ3n) is 4.80. The highest BCUT2D eigenvalue weighted by molar-refractivity contribution is 6.36. The van der Waals surface area contributed by atoms with Crippen molar-refractivity contribution in [2.75, 3.05) is 6.79 Å². The molecule has 3 aromatic carbocycles. The zero-order valence-electron chi connectivity index (χ0n) is 16.8. The number of rotatable bonds is 8. The predicted molar refractivity (Wildman–Crippen MR) is 116 cm³/mol. The molecule has 152 valence electrons. The van der Waals surface area contributed by atoms with E-state index in [9.17, 15) is 4.79 Å². The quantitative estimate of drug-likeness (QED) is 0.399. The van der Waals surface area contributed by atoms with Crippen molar-refractivity contribution in [2.24, 2.45) is 4.99 Å². The Labute approximate surface area is 175 Å². The molecule has 0 saturated heterocycles. The van der Waals surface area contributed by atoms with Crippen LogP contribution >= 0.6 is 0 Å². The van der Waals surface area contributed by atoms with E-state index in [1.807, 2.05) is 67.6 Å². The summed E-state index contributed by atoms with van der Waals surface area (Å²) in [4.78, 5) is 17.2. The molecule has 0 N–H and O–H groups in total. The molecule has 0 amide bonds. The Morgan fingerprint density at radius 2 is 1.77 bits per heavy atom. The van der Waals surface area contributed by atoms with Gasteiger partial charge in [-0.1, -0.05) is 48.5 Å². The number of ether oxygens (including phenoxy) is 3. The zero-order valence-corrected chi connectivity index (χ0v) is 16.8. The number of benzene rings is 3. The van der Waals surface area contributed by atoms with Crippen molar-refractivity contribution < 1.29 is 19.0 Å². The van der Waals surface area contributed by atoms with Crippen molar-refractivity contribution in [2.45, 2.75) is 26.0 Å². The van der Waals surface area contributed by atoms with Crippen molar-refractivity contribution in [1.82, 2.24) is 0 Å². The van der Waals surface area contributed by atoms with Gasteiger partial charge in [-0.05, 0) is 48.7 Å². The van der Waals surface area contributed by atoms with E-state index in [1.165, 1.54) is 6.21 Å². The van der Waals surface area contributed by atoms with Crippen LogP contribution in [0.2, 0.25) is 0 Å². The molecule has 30 heavy (non-hydrogen) atoms. The van der Waals surface area contributed by atoms with Crippen LogP contribution in [0.3, 0.4) is 0 Å². The highest BCUT2D eigenvalue weighted by atomic mass is 16.7.